The predicted molar refractivity (Wildman–Crippen MR) is 110 cm³/mol. The number of carbonyl (C=O) groups excluding carboxylic acids is 1. The normalized spacial score (nSPS) is 20.5. The molecule has 0 bridgehead atoms. The van der Waals surface area contributed by atoms with Gasteiger partial charge < -0.3 is 10.2 Å². The summed E-state index contributed by atoms with van der Waals surface area (Å²) in [5, 5.41) is 3.94. The standard InChI is InChI=1S/C19H23N3OS2/c1-13-6-3-7-14(2)22(13)19(24)25-12-18(23)21-17-10-4-9-16-15(17)8-5-11-20-16/h4-5,8-11,13-14H,3,6-7,12H2,1-2H3,(H,21,23)/t13-,14+. The van der Waals surface area contributed by atoms with Crippen molar-refractivity contribution >= 4 is 50.8 Å². The molecule has 3 rings (SSSR count). The molecule has 132 valence electrons. The Balaban J connectivity index is 1.60. The van der Waals surface area contributed by atoms with Gasteiger partial charge in [0.25, 0.3) is 0 Å². The molecule has 1 fully saturated rings. The van der Waals surface area contributed by atoms with Crippen molar-refractivity contribution in [1.82, 2.24) is 9.88 Å². The highest BCUT2D eigenvalue weighted by Crippen LogP contribution is 2.27. The van der Waals surface area contributed by atoms with Gasteiger partial charge in [-0.15, -0.1) is 0 Å². The van der Waals surface area contributed by atoms with Crippen molar-refractivity contribution in [3.8, 4) is 0 Å². The quantitative estimate of drug-likeness (QED) is 0.805. The van der Waals surface area contributed by atoms with Crippen LogP contribution in [0.2, 0.25) is 0 Å². The molecule has 2 atom stereocenters. The number of thioether (sulfide) groups is 1. The molecule has 0 saturated carbocycles. The second kappa shape index (κ2) is 8.15. The lowest BCUT2D eigenvalue weighted by Gasteiger charge is -2.40. The van der Waals surface area contributed by atoms with Crippen LogP contribution in [0.25, 0.3) is 10.9 Å². The van der Waals surface area contributed by atoms with E-state index in [1.54, 1.807) is 6.20 Å². The van der Waals surface area contributed by atoms with Gasteiger partial charge in [-0.25, -0.2) is 0 Å². The van der Waals surface area contributed by atoms with Crippen molar-refractivity contribution in [3.63, 3.8) is 0 Å². The van der Waals surface area contributed by atoms with Gasteiger partial charge in [0, 0.05) is 23.7 Å². The average molecular weight is 374 g/mol. The summed E-state index contributed by atoms with van der Waals surface area (Å²) in [6.45, 7) is 4.43. The molecule has 2 aromatic rings. The van der Waals surface area contributed by atoms with Crippen LogP contribution in [-0.2, 0) is 4.79 Å². The summed E-state index contributed by atoms with van der Waals surface area (Å²) in [5.41, 5.74) is 1.67. The molecule has 0 spiro atoms. The molecule has 0 radical (unpaired) electrons. The first-order chi connectivity index (χ1) is 12.1. The van der Waals surface area contributed by atoms with Gasteiger partial charge in [0.1, 0.15) is 4.32 Å². The Hall–Kier alpha value is -1.66. The maximum absolute atomic E-state index is 12.4. The highest BCUT2D eigenvalue weighted by Gasteiger charge is 2.27. The molecule has 4 nitrogen and oxygen atoms in total. The largest absolute Gasteiger partial charge is 0.352 e. The van der Waals surface area contributed by atoms with Crippen LogP contribution < -0.4 is 5.32 Å². The van der Waals surface area contributed by atoms with Gasteiger partial charge in [0.05, 0.1) is 17.0 Å². The van der Waals surface area contributed by atoms with Crippen LogP contribution in [0.15, 0.2) is 36.5 Å². The number of rotatable bonds is 3. The number of fused-ring (bicyclic) bond motifs is 1. The third-order valence-electron chi connectivity index (χ3n) is 4.65. The van der Waals surface area contributed by atoms with Crippen molar-refractivity contribution in [3.05, 3.63) is 36.5 Å². The summed E-state index contributed by atoms with van der Waals surface area (Å²) in [5.74, 6) is 0.284. The number of pyridine rings is 1. The Morgan fingerprint density at radius 3 is 2.80 bits per heavy atom. The number of nitrogens with zero attached hydrogens (tertiary/aromatic N) is 2. The molecule has 25 heavy (non-hydrogen) atoms. The van der Waals surface area contributed by atoms with Crippen molar-refractivity contribution < 1.29 is 4.79 Å². The Morgan fingerprint density at radius 1 is 1.28 bits per heavy atom. The number of amides is 1. The topological polar surface area (TPSA) is 45.2 Å². The maximum Gasteiger partial charge on any atom is 0.234 e. The smallest absolute Gasteiger partial charge is 0.234 e. The Morgan fingerprint density at radius 2 is 2.04 bits per heavy atom. The lowest BCUT2D eigenvalue weighted by molar-refractivity contribution is -0.113. The van der Waals surface area contributed by atoms with Gasteiger partial charge >= 0.3 is 0 Å². The lowest BCUT2D eigenvalue weighted by atomic mass is 9.99. The number of benzene rings is 1. The third kappa shape index (κ3) is 4.30. The molecule has 1 aromatic heterocycles. The number of aromatic nitrogens is 1. The number of hydrogen-bond donors (Lipinski definition) is 1. The van der Waals surface area contributed by atoms with Crippen LogP contribution in [0.4, 0.5) is 5.69 Å². The molecule has 0 unspecified atom stereocenters. The molecule has 2 heterocycles. The van der Waals surface area contributed by atoms with Crippen LogP contribution in [-0.4, -0.2) is 37.9 Å². The summed E-state index contributed by atoms with van der Waals surface area (Å²) < 4.78 is 0.828. The van der Waals surface area contributed by atoms with Crippen LogP contribution in [0.3, 0.4) is 0 Å². The predicted octanol–water partition coefficient (Wildman–Crippen LogP) is 4.45. The van der Waals surface area contributed by atoms with Gasteiger partial charge in [0.15, 0.2) is 0 Å². The first-order valence-electron chi connectivity index (χ1n) is 8.65. The number of anilines is 1. The first kappa shape index (κ1) is 18.1. The minimum Gasteiger partial charge on any atom is -0.352 e. The van der Waals surface area contributed by atoms with Crippen molar-refractivity contribution in [2.75, 3.05) is 11.1 Å². The fourth-order valence-corrected chi connectivity index (χ4v) is 4.75. The van der Waals surface area contributed by atoms with E-state index in [2.05, 4.69) is 29.0 Å². The lowest BCUT2D eigenvalue weighted by Crippen LogP contribution is -2.45. The first-order valence-corrected chi connectivity index (χ1v) is 10.0. The number of likely N-dealkylation sites (tertiary alicyclic amines) is 1. The van der Waals surface area contributed by atoms with Gasteiger partial charge in [0.2, 0.25) is 5.91 Å². The minimum absolute atomic E-state index is 0.0407. The van der Waals surface area contributed by atoms with Crippen LogP contribution in [0, 0.1) is 0 Å². The number of carbonyl (C=O) groups is 1. The fourth-order valence-electron chi connectivity index (χ4n) is 3.38. The highest BCUT2D eigenvalue weighted by atomic mass is 32.2. The summed E-state index contributed by atoms with van der Waals surface area (Å²) in [4.78, 5) is 19.0. The third-order valence-corrected chi connectivity index (χ3v) is 6.08. The molecule has 1 amide bonds. The zero-order chi connectivity index (χ0) is 17.8. The van der Waals surface area contributed by atoms with E-state index in [-0.39, 0.29) is 5.91 Å². The van der Waals surface area contributed by atoms with Gasteiger partial charge in [-0.05, 0) is 57.4 Å². The summed E-state index contributed by atoms with van der Waals surface area (Å²) in [6, 6.07) is 10.5. The molecule has 1 aromatic carbocycles. The fraction of sp³-hybridized carbons (Fsp3) is 0.421. The van der Waals surface area contributed by atoms with E-state index in [0.717, 1.165) is 20.9 Å². The van der Waals surface area contributed by atoms with E-state index in [9.17, 15) is 4.79 Å². The number of nitrogens with one attached hydrogen (secondary N) is 1. The second-order valence-corrected chi connectivity index (χ2v) is 8.12. The van der Waals surface area contributed by atoms with Gasteiger partial charge in [-0.3, -0.25) is 9.78 Å². The van der Waals surface area contributed by atoms with Crippen molar-refractivity contribution in [2.24, 2.45) is 0 Å². The summed E-state index contributed by atoms with van der Waals surface area (Å²) in [6.07, 6.45) is 5.34. The van der Waals surface area contributed by atoms with E-state index in [1.165, 1.54) is 31.0 Å². The maximum atomic E-state index is 12.4. The molecule has 1 aliphatic heterocycles. The Bertz CT molecular complexity index is 765. The monoisotopic (exact) mass is 373 g/mol. The van der Waals surface area contributed by atoms with Crippen molar-refractivity contribution in [1.29, 1.82) is 0 Å². The molecule has 6 heteroatoms. The van der Waals surface area contributed by atoms with E-state index in [4.69, 9.17) is 12.2 Å². The summed E-state index contributed by atoms with van der Waals surface area (Å²) >= 11 is 7.04. The number of hydrogen-bond acceptors (Lipinski definition) is 4. The average Bonchev–Trinajstić information content (AvgIpc) is 2.60. The molecular weight excluding hydrogens is 350 g/mol. The highest BCUT2D eigenvalue weighted by molar-refractivity contribution is 8.23. The number of thiocarbonyl (C=S) groups is 1. The Labute approximate surface area is 158 Å². The SMILES string of the molecule is C[C@@H]1CCC[C@H](C)N1C(=S)SCC(=O)Nc1cccc2ncccc12. The van der Waals surface area contributed by atoms with Crippen LogP contribution in [0.5, 0.6) is 0 Å². The van der Waals surface area contributed by atoms with Crippen LogP contribution in [0.1, 0.15) is 33.1 Å². The molecular formula is C19H23N3OS2. The second-order valence-electron chi connectivity index (χ2n) is 6.51. The summed E-state index contributed by atoms with van der Waals surface area (Å²) in [7, 11) is 0. The Kier molecular flexibility index (Phi) is 5.91. The molecule has 1 N–H and O–H groups in total. The van der Waals surface area contributed by atoms with Gasteiger partial charge in [-0.2, -0.15) is 0 Å². The van der Waals surface area contributed by atoms with E-state index in [0.29, 0.717) is 17.8 Å². The van der Waals surface area contributed by atoms with E-state index < -0.39 is 0 Å². The molecule has 0 aliphatic carbocycles. The van der Waals surface area contributed by atoms with Crippen LogP contribution >= 0.6 is 24.0 Å². The molecule has 1 aliphatic rings. The number of piperidine rings is 1. The zero-order valence-corrected chi connectivity index (χ0v) is 16.2. The molecule has 1 saturated heterocycles. The zero-order valence-electron chi connectivity index (χ0n) is 14.6. The minimum atomic E-state index is -0.0407. The van der Waals surface area contributed by atoms with Gasteiger partial charge in [-0.1, -0.05) is 30.0 Å². The van der Waals surface area contributed by atoms with E-state index >= 15 is 0 Å². The van der Waals surface area contributed by atoms with Crippen molar-refractivity contribution in [2.45, 2.75) is 45.2 Å². The van der Waals surface area contributed by atoms with E-state index in [1.807, 2.05) is 30.3 Å².